The number of carbonyl (C=O) groups is 2. The van der Waals surface area contributed by atoms with Crippen LogP contribution in [0.1, 0.15) is 19.3 Å². The van der Waals surface area contributed by atoms with Gasteiger partial charge in [-0.2, -0.15) is 0 Å². The van der Waals surface area contributed by atoms with Gasteiger partial charge in [0.15, 0.2) is 0 Å². The van der Waals surface area contributed by atoms with Crippen LogP contribution in [0.3, 0.4) is 0 Å². The SMILES string of the molecule is NC[C@@]1(NC(=O)CCCC(=O)O)CNCCNC[C@@]2(N)CNCCN1CCN2. The van der Waals surface area contributed by atoms with Crippen molar-refractivity contribution in [2.45, 2.75) is 30.6 Å². The van der Waals surface area contributed by atoms with Gasteiger partial charge in [0.25, 0.3) is 0 Å². The lowest BCUT2D eigenvalue weighted by molar-refractivity contribution is -0.137. The molecule has 28 heavy (non-hydrogen) atoms. The highest BCUT2D eigenvalue weighted by Gasteiger charge is 2.37. The summed E-state index contributed by atoms with van der Waals surface area (Å²) in [6, 6.07) is 0. The number of nitrogens with two attached hydrogens (primary N) is 2. The highest BCUT2D eigenvalue weighted by atomic mass is 16.4. The summed E-state index contributed by atoms with van der Waals surface area (Å²) >= 11 is 0. The molecule has 11 nitrogen and oxygen atoms in total. The van der Waals surface area contributed by atoms with Crippen molar-refractivity contribution in [3.63, 3.8) is 0 Å². The van der Waals surface area contributed by atoms with Crippen LogP contribution < -0.4 is 38.1 Å². The Kier molecular flexibility index (Phi) is 9.02. The van der Waals surface area contributed by atoms with E-state index in [-0.39, 0.29) is 25.3 Å². The summed E-state index contributed by atoms with van der Waals surface area (Å²) in [5.74, 6) is -1.09. The van der Waals surface area contributed by atoms with Gasteiger partial charge in [0.05, 0.1) is 5.66 Å². The van der Waals surface area contributed by atoms with Gasteiger partial charge in [-0.15, -0.1) is 0 Å². The summed E-state index contributed by atoms with van der Waals surface area (Å²) in [7, 11) is 0. The summed E-state index contributed by atoms with van der Waals surface area (Å²) < 4.78 is 0. The van der Waals surface area contributed by atoms with Gasteiger partial charge in [0.2, 0.25) is 5.91 Å². The summed E-state index contributed by atoms with van der Waals surface area (Å²) in [6.45, 7) is 6.27. The zero-order valence-corrected chi connectivity index (χ0v) is 16.6. The fourth-order valence-corrected chi connectivity index (χ4v) is 3.69. The van der Waals surface area contributed by atoms with Gasteiger partial charge in [0.1, 0.15) is 5.66 Å². The predicted molar refractivity (Wildman–Crippen MR) is 107 cm³/mol. The van der Waals surface area contributed by atoms with Crippen molar-refractivity contribution >= 4 is 11.9 Å². The van der Waals surface area contributed by atoms with Gasteiger partial charge in [-0.1, -0.05) is 0 Å². The minimum atomic E-state index is -0.899. The molecule has 2 aliphatic rings. The van der Waals surface area contributed by atoms with Gasteiger partial charge in [0, 0.05) is 78.3 Å². The van der Waals surface area contributed by atoms with E-state index in [2.05, 4.69) is 31.5 Å². The zero-order valence-electron chi connectivity index (χ0n) is 16.6. The molecule has 1 amide bonds. The quantitative estimate of drug-likeness (QED) is 0.222. The second-order valence-electron chi connectivity index (χ2n) is 7.63. The number of hydrogen-bond donors (Lipinski definition) is 8. The molecule has 1 unspecified atom stereocenters. The topological polar surface area (TPSA) is 170 Å². The lowest BCUT2D eigenvalue weighted by atomic mass is 10.1. The number of carboxylic acids is 1. The lowest BCUT2D eigenvalue weighted by Crippen LogP contribution is -2.71. The Morgan fingerprint density at radius 3 is 2.32 bits per heavy atom. The van der Waals surface area contributed by atoms with Crippen molar-refractivity contribution in [2.75, 3.05) is 65.4 Å². The third kappa shape index (κ3) is 6.92. The van der Waals surface area contributed by atoms with Crippen LogP contribution >= 0.6 is 0 Å². The van der Waals surface area contributed by atoms with Crippen molar-refractivity contribution < 1.29 is 14.7 Å². The van der Waals surface area contributed by atoms with Gasteiger partial charge < -0.3 is 37.8 Å². The molecule has 2 bridgehead atoms. The Morgan fingerprint density at radius 1 is 1.00 bits per heavy atom. The molecule has 2 heterocycles. The second kappa shape index (κ2) is 11.0. The third-order valence-electron chi connectivity index (χ3n) is 5.30. The number of rotatable bonds is 6. The largest absolute Gasteiger partial charge is 0.481 e. The molecule has 0 spiro atoms. The first kappa shape index (κ1) is 22.9. The van der Waals surface area contributed by atoms with E-state index < -0.39 is 17.3 Å². The zero-order chi connectivity index (χ0) is 20.5. The van der Waals surface area contributed by atoms with E-state index in [0.717, 1.165) is 13.1 Å². The first-order valence-electron chi connectivity index (χ1n) is 10.0. The van der Waals surface area contributed by atoms with Crippen LogP contribution in [0.5, 0.6) is 0 Å². The van der Waals surface area contributed by atoms with Crippen LogP contribution in [0.2, 0.25) is 0 Å². The minimum absolute atomic E-state index is 0.0247. The molecule has 3 atom stereocenters. The predicted octanol–water partition coefficient (Wildman–Crippen LogP) is -3.64. The van der Waals surface area contributed by atoms with Gasteiger partial charge >= 0.3 is 5.97 Å². The Bertz CT molecular complexity index is 523. The normalized spacial score (nSPS) is 32.4. The number of carbonyl (C=O) groups excluding carboxylic acids is 1. The molecule has 0 aromatic rings. The van der Waals surface area contributed by atoms with Crippen LogP contribution in [0.15, 0.2) is 0 Å². The van der Waals surface area contributed by atoms with Crippen LogP contribution in [0, 0.1) is 0 Å². The van der Waals surface area contributed by atoms with Crippen molar-refractivity contribution in [1.82, 2.24) is 31.5 Å². The maximum absolute atomic E-state index is 12.5. The highest BCUT2D eigenvalue weighted by Crippen LogP contribution is 2.13. The number of hydrogen-bond acceptors (Lipinski definition) is 9. The molecule has 0 aromatic carbocycles. The van der Waals surface area contributed by atoms with E-state index in [9.17, 15) is 9.59 Å². The van der Waals surface area contributed by atoms with Gasteiger partial charge in [-0.3, -0.25) is 19.8 Å². The molecule has 10 N–H and O–H groups in total. The first-order valence-corrected chi connectivity index (χ1v) is 10.0. The average Bonchev–Trinajstić information content (AvgIpc) is 2.74. The monoisotopic (exact) mass is 400 g/mol. The number of nitrogens with one attached hydrogen (secondary N) is 5. The number of fused-ring (bicyclic) bond motifs is 4. The van der Waals surface area contributed by atoms with Gasteiger partial charge in [-0.05, 0) is 6.42 Å². The average molecular weight is 401 g/mol. The number of aliphatic carboxylic acids is 1. The van der Waals surface area contributed by atoms with E-state index in [1.165, 1.54) is 0 Å². The molecule has 0 radical (unpaired) electrons. The smallest absolute Gasteiger partial charge is 0.303 e. The molecule has 162 valence electrons. The van der Waals surface area contributed by atoms with E-state index in [0.29, 0.717) is 52.2 Å². The Hall–Kier alpha value is -1.34. The van der Waals surface area contributed by atoms with E-state index in [4.69, 9.17) is 16.6 Å². The Labute approximate surface area is 166 Å². The maximum Gasteiger partial charge on any atom is 0.303 e. The lowest BCUT2D eigenvalue weighted by Gasteiger charge is -2.44. The molecular formula is C17H36N8O3. The van der Waals surface area contributed by atoms with Crippen molar-refractivity contribution in [3.8, 4) is 0 Å². The highest BCUT2D eigenvalue weighted by molar-refractivity contribution is 5.77. The molecule has 0 aromatic heterocycles. The summed E-state index contributed by atoms with van der Waals surface area (Å²) in [5, 5.41) is 25.4. The van der Waals surface area contributed by atoms with Crippen molar-refractivity contribution in [2.24, 2.45) is 11.5 Å². The summed E-state index contributed by atoms with van der Waals surface area (Å²) in [5.41, 5.74) is 11.4. The molecule has 2 saturated heterocycles. The van der Waals surface area contributed by atoms with Gasteiger partial charge in [-0.25, -0.2) is 0 Å². The first-order chi connectivity index (χ1) is 13.4. The standard InChI is InChI=1S/C17H36N8O3/c18-10-17(24-14(26)2-1-3-15(27)28)13-21-5-4-20-11-16(19)12-22-6-8-25(17)9-7-23-16/h20-23H,1-13,18-19H2,(H,24,26)(H,27,28)/t16-,17-/m0/s1. The number of nitrogens with zero attached hydrogens (tertiary/aromatic N) is 1. The molecular weight excluding hydrogens is 364 g/mol. The molecule has 2 aliphatic heterocycles. The molecule has 2 rings (SSSR count). The number of carboxylic acid groups (broad SMARTS) is 1. The van der Waals surface area contributed by atoms with Crippen molar-refractivity contribution in [1.29, 1.82) is 0 Å². The fraction of sp³-hybridized carbons (Fsp3) is 0.882. The van der Waals surface area contributed by atoms with Crippen LogP contribution in [0.25, 0.3) is 0 Å². The van der Waals surface area contributed by atoms with Crippen LogP contribution in [0.4, 0.5) is 0 Å². The van der Waals surface area contributed by atoms with E-state index in [1.807, 2.05) is 0 Å². The minimum Gasteiger partial charge on any atom is -0.481 e. The number of amides is 1. The fourth-order valence-electron chi connectivity index (χ4n) is 3.69. The van der Waals surface area contributed by atoms with E-state index >= 15 is 0 Å². The molecule has 0 saturated carbocycles. The Morgan fingerprint density at radius 2 is 1.64 bits per heavy atom. The molecule has 2 fully saturated rings. The second-order valence-corrected chi connectivity index (χ2v) is 7.63. The summed E-state index contributed by atoms with van der Waals surface area (Å²) in [6.07, 6.45) is 0.437. The maximum atomic E-state index is 12.5. The third-order valence-corrected chi connectivity index (χ3v) is 5.30. The van der Waals surface area contributed by atoms with E-state index in [1.54, 1.807) is 0 Å². The molecule has 11 heteroatoms. The summed E-state index contributed by atoms with van der Waals surface area (Å²) in [4.78, 5) is 25.4. The van der Waals surface area contributed by atoms with Crippen molar-refractivity contribution in [3.05, 3.63) is 0 Å². The van der Waals surface area contributed by atoms with Crippen LogP contribution in [-0.2, 0) is 9.59 Å². The Balaban J connectivity index is 2.13. The van der Waals surface area contributed by atoms with Crippen LogP contribution in [-0.4, -0.2) is 98.7 Å². The molecule has 0 aliphatic carbocycles.